The van der Waals surface area contributed by atoms with E-state index >= 15 is 0 Å². The third-order valence-electron chi connectivity index (χ3n) is 6.46. The van der Waals surface area contributed by atoms with Gasteiger partial charge in [-0.2, -0.15) is 5.26 Å². The van der Waals surface area contributed by atoms with Gasteiger partial charge in [0.1, 0.15) is 11.9 Å². The van der Waals surface area contributed by atoms with Gasteiger partial charge in [-0.3, -0.25) is 9.36 Å². The van der Waals surface area contributed by atoms with Gasteiger partial charge in [-0.05, 0) is 32.3 Å². The lowest BCUT2D eigenvalue weighted by molar-refractivity contribution is -0.113. The van der Waals surface area contributed by atoms with Gasteiger partial charge in [0.2, 0.25) is 5.91 Å². The molecule has 0 radical (unpaired) electrons. The number of nitrogens with zero attached hydrogens (tertiary/aromatic N) is 5. The molecule has 4 rings (SSSR count). The highest BCUT2D eigenvalue weighted by Crippen LogP contribution is 2.37. The van der Waals surface area contributed by atoms with Gasteiger partial charge >= 0.3 is 0 Å². The molecular formula is C26H30N6OS. The third kappa shape index (κ3) is 4.80. The predicted molar refractivity (Wildman–Crippen MR) is 136 cm³/mol. The number of aromatic nitrogens is 4. The van der Waals surface area contributed by atoms with Crippen molar-refractivity contribution in [2.24, 2.45) is 0 Å². The molecule has 0 atom stereocenters. The maximum Gasteiger partial charge on any atom is 0.235 e. The summed E-state index contributed by atoms with van der Waals surface area (Å²) in [6.07, 6.45) is 7.54. The SMILES string of the molecule is C=CCn1c(SCC(=O)Nc2c(C#N)c(C)c(C)n2C2CCCCC2)nnc1-c1ccccc1. The topological polar surface area (TPSA) is 88.5 Å². The number of rotatable bonds is 8. The van der Waals surface area contributed by atoms with Gasteiger partial charge in [-0.1, -0.05) is 67.4 Å². The number of thioether (sulfide) groups is 1. The van der Waals surface area contributed by atoms with E-state index in [1.165, 1.54) is 31.0 Å². The highest BCUT2D eigenvalue weighted by molar-refractivity contribution is 7.99. The Balaban J connectivity index is 1.53. The fourth-order valence-corrected chi connectivity index (χ4v) is 5.42. The van der Waals surface area contributed by atoms with E-state index in [1.54, 1.807) is 6.08 Å². The zero-order valence-electron chi connectivity index (χ0n) is 19.8. The molecule has 1 aromatic carbocycles. The Morgan fingerprint density at radius 1 is 1.24 bits per heavy atom. The first-order valence-electron chi connectivity index (χ1n) is 11.7. The quantitative estimate of drug-likeness (QED) is 0.336. The molecule has 1 N–H and O–H groups in total. The second-order valence-corrected chi connectivity index (χ2v) is 9.56. The van der Waals surface area contributed by atoms with Crippen LogP contribution in [0.25, 0.3) is 11.4 Å². The molecule has 2 aromatic heterocycles. The monoisotopic (exact) mass is 474 g/mol. The van der Waals surface area contributed by atoms with Crippen LogP contribution in [0.4, 0.5) is 5.82 Å². The van der Waals surface area contributed by atoms with E-state index in [0.717, 1.165) is 35.5 Å². The number of benzene rings is 1. The molecule has 0 bridgehead atoms. The number of anilines is 1. The largest absolute Gasteiger partial charge is 0.327 e. The van der Waals surface area contributed by atoms with E-state index < -0.39 is 0 Å². The van der Waals surface area contributed by atoms with Gasteiger partial charge in [0.25, 0.3) is 0 Å². The molecular weight excluding hydrogens is 444 g/mol. The van der Waals surface area contributed by atoms with E-state index in [9.17, 15) is 10.1 Å². The van der Waals surface area contributed by atoms with E-state index in [0.29, 0.717) is 29.1 Å². The Morgan fingerprint density at radius 3 is 2.65 bits per heavy atom. The number of carbonyl (C=O) groups excluding carboxylic acids is 1. The lowest BCUT2D eigenvalue weighted by Crippen LogP contribution is -2.22. The minimum absolute atomic E-state index is 0.162. The van der Waals surface area contributed by atoms with Crippen molar-refractivity contribution >= 4 is 23.5 Å². The number of allylic oxidation sites excluding steroid dienone is 1. The zero-order chi connectivity index (χ0) is 24.1. The smallest absolute Gasteiger partial charge is 0.235 e. The van der Waals surface area contributed by atoms with Crippen LogP contribution in [0.2, 0.25) is 0 Å². The Bertz CT molecular complexity index is 1210. The molecule has 0 saturated heterocycles. The summed E-state index contributed by atoms with van der Waals surface area (Å²) >= 11 is 1.33. The Hall–Kier alpha value is -3.31. The Kier molecular flexibility index (Phi) is 7.53. The number of amides is 1. The van der Waals surface area contributed by atoms with Crippen LogP contribution in [-0.2, 0) is 11.3 Å². The van der Waals surface area contributed by atoms with Crippen molar-refractivity contribution in [1.29, 1.82) is 5.26 Å². The highest BCUT2D eigenvalue weighted by Gasteiger charge is 2.26. The summed E-state index contributed by atoms with van der Waals surface area (Å²) in [4.78, 5) is 13.0. The van der Waals surface area contributed by atoms with Gasteiger partial charge in [-0.15, -0.1) is 16.8 Å². The number of hydrogen-bond acceptors (Lipinski definition) is 5. The second-order valence-electron chi connectivity index (χ2n) is 8.62. The highest BCUT2D eigenvalue weighted by atomic mass is 32.2. The molecule has 176 valence electrons. The van der Waals surface area contributed by atoms with Crippen LogP contribution in [0.15, 0.2) is 48.1 Å². The maximum atomic E-state index is 13.0. The Morgan fingerprint density at radius 2 is 1.97 bits per heavy atom. The van der Waals surface area contributed by atoms with E-state index in [2.05, 4.69) is 32.7 Å². The van der Waals surface area contributed by atoms with Crippen molar-refractivity contribution < 1.29 is 4.79 Å². The zero-order valence-corrected chi connectivity index (χ0v) is 20.6. The number of nitriles is 1. The summed E-state index contributed by atoms with van der Waals surface area (Å²) in [5.41, 5.74) is 3.52. The summed E-state index contributed by atoms with van der Waals surface area (Å²) in [6.45, 7) is 8.39. The Labute approximate surface area is 204 Å². The van der Waals surface area contributed by atoms with Gasteiger partial charge in [0.15, 0.2) is 11.0 Å². The van der Waals surface area contributed by atoms with Crippen LogP contribution in [0.3, 0.4) is 0 Å². The predicted octanol–water partition coefficient (Wildman–Crippen LogP) is 5.66. The fourth-order valence-electron chi connectivity index (χ4n) is 4.67. The second kappa shape index (κ2) is 10.7. The van der Waals surface area contributed by atoms with Gasteiger partial charge in [0, 0.05) is 23.8 Å². The van der Waals surface area contributed by atoms with Crippen molar-refractivity contribution in [3.8, 4) is 17.5 Å². The van der Waals surface area contributed by atoms with Crippen molar-refractivity contribution in [3.63, 3.8) is 0 Å². The molecule has 1 aliphatic carbocycles. The molecule has 0 spiro atoms. The summed E-state index contributed by atoms with van der Waals surface area (Å²) in [6, 6.07) is 12.5. The summed E-state index contributed by atoms with van der Waals surface area (Å²) in [5.74, 6) is 1.38. The molecule has 1 saturated carbocycles. The van der Waals surface area contributed by atoms with Crippen LogP contribution in [0, 0.1) is 25.2 Å². The number of carbonyl (C=O) groups is 1. The molecule has 7 nitrogen and oxygen atoms in total. The molecule has 0 aliphatic heterocycles. The average molecular weight is 475 g/mol. The lowest BCUT2D eigenvalue weighted by Gasteiger charge is -2.27. The van der Waals surface area contributed by atoms with Crippen LogP contribution >= 0.6 is 11.8 Å². The summed E-state index contributed by atoms with van der Waals surface area (Å²) in [7, 11) is 0. The molecule has 1 aliphatic rings. The van der Waals surface area contributed by atoms with Gasteiger partial charge in [-0.25, -0.2) is 0 Å². The maximum absolute atomic E-state index is 13.0. The standard InChI is InChI=1S/C26H30N6OS/c1-4-15-31-24(20-11-7-5-8-12-20)29-30-26(31)34-17-23(33)28-25-22(16-27)18(2)19(3)32(25)21-13-9-6-10-14-21/h4-5,7-8,11-12,21H,1,6,9-10,13-15,17H2,2-3H3,(H,28,33). The van der Waals surface area contributed by atoms with Crippen LogP contribution in [0.1, 0.15) is 55.0 Å². The molecule has 1 amide bonds. The minimum Gasteiger partial charge on any atom is -0.327 e. The minimum atomic E-state index is -0.162. The number of nitrogens with one attached hydrogen (secondary N) is 1. The van der Waals surface area contributed by atoms with E-state index in [-0.39, 0.29) is 11.7 Å². The molecule has 3 aromatic rings. The van der Waals surface area contributed by atoms with E-state index in [4.69, 9.17) is 0 Å². The normalized spacial score (nSPS) is 14.0. The van der Waals surface area contributed by atoms with Crippen LogP contribution in [0.5, 0.6) is 0 Å². The van der Waals surface area contributed by atoms with E-state index in [1.807, 2.05) is 48.7 Å². The first-order valence-corrected chi connectivity index (χ1v) is 12.7. The molecule has 8 heteroatoms. The molecule has 1 fully saturated rings. The summed E-state index contributed by atoms with van der Waals surface area (Å²) in [5, 5.41) is 22.2. The van der Waals surface area contributed by atoms with Crippen molar-refractivity contribution in [2.75, 3.05) is 11.1 Å². The first-order chi connectivity index (χ1) is 16.5. The van der Waals surface area contributed by atoms with Gasteiger partial charge < -0.3 is 9.88 Å². The fraction of sp³-hybridized carbons (Fsp3) is 0.385. The summed E-state index contributed by atoms with van der Waals surface area (Å²) < 4.78 is 4.14. The molecule has 34 heavy (non-hydrogen) atoms. The van der Waals surface area contributed by atoms with Crippen molar-refractivity contribution in [2.45, 2.75) is 63.7 Å². The van der Waals surface area contributed by atoms with Gasteiger partial charge in [0.05, 0.1) is 11.3 Å². The van der Waals surface area contributed by atoms with Crippen molar-refractivity contribution in [3.05, 3.63) is 59.8 Å². The van der Waals surface area contributed by atoms with Crippen molar-refractivity contribution in [1.82, 2.24) is 19.3 Å². The van der Waals surface area contributed by atoms with Crippen LogP contribution < -0.4 is 5.32 Å². The molecule has 2 heterocycles. The van der Waals surface area contributed by atoms with Crippen LogP contribution in [-0.4, -0.2) is 31.0 Å². The average Bonchev–Trinajstić information content (AvgIpc) is 3.36. The third-order valence-corrected chi connectivity index (χ3v) is 7.43. The number of hydrogen-bond donors (Lipinski definition) is 1. The first kappa shape index (κ1) is 23.8. The molecule has 0 unspecified atom stereocenters. The lowest BCUT2D eigenvalue weighted by atomic mass is 9.95.